The second kappa shape index (κ2) is 8.69. The van der Waals surface area contributed by atoms with Crippen molar-refractivity contribution in [3.05, 3.63) is 29.8 Å². The van der Waals surface area contributed by atoms with Gasteiger partial charge in [-0.3, -0.25) is 4.79 Å². The Morgan fingerprint density at radius 2 is 1.79 bits per heavy atom. The third kappa shape index (κ3) is 5.09. The number of benzene rings is 1. The molecule has 6 nitrogen and oxygen atoms in total. The van der Waals surface area contributed by atoms with Crippen molar-refractivity contribution in [1.82, 2.24) is 9.21 Å². The number of rotatable bonds is 5. The van der Waals surface area contributed by atoms with Crippen LogP contribution in [0.1, 0.15) is 25.3 Å². The van der Waals surface area contributed by atoms with Gasteiger partial charge in [0.15, 0.2) is 0 Å². The number of carbonyl (C=O) groups is 1. The number of nitrogen functional groups attached to an aromatic ring is 1. The van der Waals surface area contributed by atoms with Crippen molar-refractivity contribution < 1.29 is 13.2 Å². The predicted molar refractivity (Wildman–Crippen MR) is 98.6 cm³/mol. The van der Waals surface area contributed by atoms with Gasteiger partial charge >= 0.3 is 0 Å². The number of amides is 1. The topological polar surface area (TPSA) is 83.7 Å². The third-order valence-electron chi connectivity index (χ3n) is 4.47. The summed E-state index contributed by atoms with van der Waals surface area (Å²) in [5.41, 5.74) is 7.27. The van der Waals surface area contributed by atoms with Crippen molar-refractivity contribution in [1.29, 1.82) is 0 Å². The zero-order chi connectivity index (χ0) is 17.0. The molecule has 1 aliphatic rings. The third-order valence-corrected chi connectivity index (χ3v) is 6.38. The van der Waals surface area contributed by atoms with E-state index in [0.29, 0.717) is 38.0 Å². The van der Waals surface area contributed by atoms with Gasteiger partial charge in [0.1, 0.15) is 0 Å². The lowest BCUT2D eigenvalue weighted by molar-refractivity contribution is -0.131. The first-order valence-electron chi connectivity index (χ1n) is 7.91. The van der Waals surface area contributed by atoms with Gasteiger partial charge in [0.05, 0.1) is 12.2 Å². The summed E-state index contributed by atoms with van der Waals surface area (Å²) in [7, 11) is -1.54. The Hall–Kier alpha value is -1.31. The molecular weight excluding hydrogens is 350 g/mol. The van der Waals surface area contributed by atoms with E-state index in [0.717, 1.165) is 5.56 Å². The molecule has 1 saturated heterocycles. The molecule has 1 aliphatic heterocycles. The van der Waals surface area contributed by atoms with Crippen molar-refractivity contribution in [2.75, 3.05) is 31.6 Å². The molecule has 1 fully saturated rings. The van der Waals surface area contributed by atoms with E-state index in [9.17, 15) is 13.2 Å². The van der Waals surface area contributed by atoms with Gasteiger partial charge in [-0.15, -0.1) is 12.4 Å². The fourth-order valence-electron chi connectivity index (χ4n) is 2.83. The zero-order valence-corrected chi connectivity index (χ0v) is 15.8. The van der Waals surface area contributed by atoms with Crippen LogP contribution in [0.3, 0.4) is 0 Å². The summed E-state index contributed by atoms with van der Waals surface area (Å²) in [6.45, 7) is 2.85. The fourth-order valence-corrected chi connectivity index (χ4v) is 3.90. The van der Waals surface area contributed by atoms with Gasteiger partial charge in [-0.05, 0) is 37.5 Å². The number of likely N-dealkylation sites (tertiary alicyclic amines) is 1. The van der Waals surface area contributed by atoms with Gasteiger partial charge in [0, 0.05) is 31.9 Å². The van der Waals surface area contributed by atoms with E-state index in [1.54, 1.807) is 26.1 Å². The standard InChI is InChI=1S/C16H25N3O3S.ClH/c1-3-23(21,22)18(2)15-8-10-19(11-9-15)16(20)12-13-4-6-14(17)7-5-13;/h4-7,15H,3,8-12,17H2,1-2H3;1H. The highest BCUT2D eigenvalue weighted by Gasteiger charge is 2.30. The average Bonchev–Trinajstić information content (AvgIpc) is 2.56. The highest BCUT2D eigenvalue weighted by molar-refractivity contribution is 7.89. The van der Waals surface area contributed by atoms with E-state index in [1.807, 2.05) is 17.0 Å². The molecule has 0 atom stereocenters. The Kier molecular flexibility index (Phi) is 7.51. The molecule has 1 heterocycles. The Morgan fingerprint density at radius 1 is 1.25 bits per heavy atom. The van der Waals surface area contributed by atoms with Crippen molar-refractivity contribution in [3.63, 3.8) is 0 Å². The molecule has 0 radical (unpaired) electrons. The summed E-state index contributed by atoms with van der Waals surface area (Å²) >= 11 is 0. The molecule has 2 rings (SSSR count). The number of hydrogen-bond donors (Lipinski definition) is 1. The van der Waals surface area contributed by atoms with Crippen molar-refractivity contribution in [2.24, 2.45) is 0 Å². The highest BCUT2D eigenvalue weighted by Crippen LogP contribution is 2.19. The minimum Gasteiger partial charge on any atom is -0.399 e. The smallest absolute Gasteiger partial charge is 0.226 e. The monoisotopic (exact) mass is 375 g/mol. The van der Waals surface area contributed by atoms with Gasteiger partial charge < -0.3 is 10.6 Å². The normalized spacial score (nSPS) is 16.0. The van der Waals surface area contributed by atoms with Gasteiger partial charge in [-0.25, -0.2) is 12.7 Å². The summed E-state index contributed by atoms with van der Waals surface area (Å²) in [5.74, 6) is 0.189. The van der Waals surface area contributed by atoms with Crippen LogP contribution in [0.2, 0.25) is 0 Å². The number of nitrogens with zero attached hydrogens (tertiary/aromatic N) is 2. The van der Waals surface area contributed by atoms with E-state index in [4.69, 9.17) is 5.73 Å². The van der Waals surface area contributed by atoms with Crippen LogP contribution in [0.4, 0.5) is 5.69 Å². The molecule has 24 heavy (non-hydrogen) atoms. The molecule has 0 bridgehead atoms. The summed E-state index contributed by atoms with van der Waals surface area (Å²) in [6, 6.07) is 7.29. The predicted octanol–water partition coefficient (Wildman–Crippen LogP) is 1.51. The number of halogens is 1. The molecule has 0 spiro atoms. The average molecular weight is 376 g/mol. The van der Waals surface area contributed by atoms with E-state index < -0.39 is 10.0 Å². The van der Waals surface area contributed by atoms with Gasteiger partial charge in [0.2, 0.25) is 15.9 Å². The van der Waals surface area contributed by atoms with Crippen LogP contribution in [0.25, 0.3) is 0 Å². The van der Waals surface area contributed by atoms with Crippen LogP contribution in [0.5, 0.6) is 0 Å². The Morgan fingerprint density at radius 3 is 2.29 bits per heavy atom. The SMILES string of the molecule is CCS(=O)(=O)N(C)C1CCN(C(=O)Cc2ccc(N)cc2)CC1.Cl. The molecule has 1 aromatic carbocycles. The Balaban J connectivity index is 0.00000288. The first-order valence-corrected chi connectivity index (χ1v) is 9.52. The quantitative estimate of drug-likeness (QED) is 0.790. The largest absolute Gasteiger partial charge is 0.399 e. The van der Waals surface area contributed by atoms with Gasteiger partial charge in [-0.2, -0.15) is 0 Å². The molecule has 0 unspecified atom stereocenters. The lowest BCUT2D eigenvalue weighted by Crippen LogP contribution is -2.47. The molecule has 2 N–H and O–H groups in total. The molecule has 1 amide bonds. The molecule has 0 saturated carbocycles. The summed E-state index contributed by atoms with van der Waals surface area (Å²) in [5, 5.41) is 0. The van der Waals surface area contributed by atoms with E-state index in [1.165, 1.54) is 4.31 Å². The van der Waals surface area contributed by atoms with Crippen LogP contribution >= 0.6 is 12.4 Å². The summed E-state index contributed by atoms with van der Waals surface area (Å²) < 4.78 is 25.3. The molecule has 136 valence electrons. The van der Waals surface area contributed by atoms with Crippen molar-refractivity contribution in [2.45, 2.75) is 32.2 Å². The fraction of sp³-hybridized carbons (Fsp3) is 0.562. The Labute approximate surface area is 150 Å². The number of sulfonamides is 1. The molecule has 0 aromatic heterocycles. The molecule has 1 aromatic rings. The minimum atomic E-state index is -3.17. The first-order chi connectivity index (χ1) is 10.8. The zero-order valence-electron chi connectivity index (χ0n) is 14.1. The van der Waals surface area contributed by atoms with Crippen LogP contribution in [0.15, 0.2) is 24.3 Å². The number of anilines is 1. The van der Waals surface area contributed by atoms with Crippen LogP contribution in [0, 0.1) is 0 Å². The summed E-state index contributed by atoms with van der Waals surface area (Å²) in [6.07, 6.45) is 1.72. The Bertz CT molecular complexity index is 641. The van der Waals surface area contributed by atoms with Crippen LogP contribution < -0.4 is 5.73 Å². The lowest BCUT2D eigenvalue weighted by Gasteiger charge is -2.36. The number of piperidine rings is 1. The lowest BCUT2D eigenvalue weighted by atomic mass is 10.0. The van der Waals surface area contributed by atoms with Gasteiger partial charge in [0.25, 0.3) is 0 Å². The van der Waals surface area contributed by atoms with E-state index in [-0.39, 0.29) is 30.1 Å². The van der Waals surface area contributed by atoms with Crippen LogP contribution in [-0.2, 0) is 21.2 Å². The second-order valence-corrected chi connectivity index (χ2v) is 8.26. The maximum atomic E-state index is 12.3. The maximum absolute atomic E-state index is 12.3. The molecule has 8 heteroatoms. The molecule has 0 aliphatic carbocycles. The second-order valence-electron chi connectivity index (χ2n) is 5.95. The number of hydrogen-bond acceptors (Lipinski definition) is 4. The summed E-state index contributed by atoms with van der Waals surface area (Å²) in [4.78, 5) is 14.2. The van der Waals surface area contributed by atoms with Crippen LogP contribution in [-0.4, -0.2) is 55.5 Å². The maximum Gasteiger partial charge on any atom is 0.226 e. The number of nitrogens with two attached hydrogens (primary N) is 1. The van der Waals surface area contributed by atoms with Crippen molar-refractivity contribution >= 4 is 34.0 Å². The molecular formula is C16H26ClN3O3S. The van der Waals surface area contributed by atoms with E-state index in [2.05, 4.69) is 0 Å². The van der Waals surface area contributed by atoms with E-state index >= 15 is 0 Å². The minimum absolute atomic E-state index is 0. The highest BCUT2D eigenvalue weighted by atomic mass is 35.5. The van der Waals surface area contributed by atoms with Crippen molar-refractivity contribution in [3.8, 4) is 0 Å². The first kappa shape index (κ1) is 20.7. The van der Waals surface area contributed by atoms with Gasteiger partial charge in [-0.1, -0.05) is 12.1 Å². The number of carbonyl (C=O) groups excluding carboxylic acids is 1.